The molecule has 0 saturated carbocycles. The van der Waals surface area contributed by atoms with Crippen molar-refractivity contribution in [3.05, 3.63) is 29.6 Å². The van der Waals surface area contributed by atoms with Crippen molar-refractivity contribution in [3.8, 4) is 6.07 Å². The van der Waals surface area contributed by atoms with Gasteiger partial charge < -0.3 is 10.6 Å². The fourth-order valence-corrected chi connectivity index (χ4v) is 2.37. The lowest BCUT2D eigenvalue weighted by Crippen LogP contribution is -2.45. The van der Waals surface area contributed by atoms with Gasteiger partial charge in [-0.2, -0.15) is 5.26 Å². The molecule has 2 N–H and O–H groups in total. The van der Waals surface area contributed by atoms with Crippen molar-refractivity contribution in [2.75, 3.05) is 13.1 Å². The molecule has 0 aliphatic carbocycles. The van der Waals surface area contributed by atoms with Crippen molar-refractivity contribution in [2.45, 2.75) is 25.8 Å². The quantitative estimate of drug-likeness (QED) is 0.862. The third-order valence-electron chi connectivity index (χ3n) is 3.60. The van der Waals surface area contributed by atoms with Crippen LogP contribution in [0.25, 0.3) is 0 Å². The summed E-state index contributed by atoms with van der Waals surface area (Å²) in [5.41, 5.74) is 6.77. The molecule has 5 heteroatoms. The highest BCUT2D eigenvalue weighted by Crippen LogP contribution is 2.20. The van der Waals surface area contributed by atoms with Crippen LogP contribution in [0.5, 0.6) is 0 Å². The van der Waals surface area contributed by atoms with Gasteiger partial charge in [0.05, 0.1) is 5.56 Å². The summed E-state index contributed by atoms with van der Waals surface area (Å²) in [6.07, 6.45) is 3.48. The Morgan fingerprint density at radius 1 is 1.63 bits per heavy atom. The fourth-order valence-electron chi connectivity index (χ4n) is 2.37. The van der Waals surface area contributed by atoms with E-state index in [1.165, 1.54) is 6.20 Å². The molecular weight excluding hydrogens is 240 g/mol. The second kappa shape index (κ2) is 5.81. The van der Waals surface area contributed by atoms with Crippen molar-refractivity contribution in [2.24, 2.45) is 11.7 Å². The molecule has 19 heavy (non-hydrogen) atoms. The number of rotatable bonds is 2. The molecule has 2 rings (SSSR count). The molecule has 1 aromatic rings. The number of pyridine rings is 1. The molecule has 2 atom stereocenters. The Labute approximate surface area is 113 Å². The highest BCUT2D eigenvalue weighted by molar-refractivity contribution is 5.92. The summed E-state index contributed by atoms with van der Waals surface area (Å²) in [5, 5.41) is 8.71. The first-order valence-corrected chi connectivity index (χ1v) is 6.53. The number of amides is 1. The summed E-state index contributed by atoms with van der Waals surface area (Å²) in [4.78, 5) is 18.2. The van der Waals surface area contributed by atoms with Crippen LogP contribution in [0.4, 0.5) is 0 Å². The number of carbonyl (C=O) groups excluding carboxylic acids is 1. The highest BCUT2D eigenvalue weighted by Gasteiger charge is 2.26. The molecule has 1 amide bonds. The summed E-state index contributed by atoms with van der Waals surface area (Å²) < 4.78 is 0. The van der Waals surface area contributed by atoms with Crippen molar-refractivity contribution < 1.29 is 4.79 Å². The molecule has 2 unspecified atom stereocenters. The second-order valence-corrected chi connectivity index (χ2v) is 5.06. The molecular formula is C14H18N4O. The maximum Gasteiger partial charge on any atom is 0.272 e. The first-order chi connectivity index (χ1) is 9.11. The molecule has 0 aromatic carbocycles. The van der Waals surface area contributed by atoms with Gasteiger partial charge in [-0.05, 0) is 37.8 Å². The van der Waals surface area contributed by atoms with Gasteiger partial charge in [-0.3, -0.25) is 4.79 Å². The number of nitrogens with two attached hydrogens (primary N) is 1. The van der Waals surface area contributed by atoms with E-state index in [2.05, 4.69) is 4.98 Å². The van der Waals surface area contributed by atoms with Crippen LogP contribution in [0.3, 0.4) is 0 Å². The smallest absolute Gasteiger partial charge is 0.272 e. The molecule has 0 spiro atoms. The van der Waals surface area contributed by atoms with Gasteiger partial charge >= 0.3 is 0 Å². The van der Waals surface area contributed by atoms with Crippen LogP contribution >= 0.6 is 0 Å². The highest BCUT2D eigenvalue weighted by atomic mass is 16.2. The Morgan fingerprint density at radius 2 is 2.42 bits per heavy atom. The molecule has 1 aliphatic rings. The maximum atomic E-state index is 12.3. The number of nitriles is 1. The number of carbonyl (C=O) groups is 1. The summed E-state index contributed by atoms with van der Waals surface area (Å²) in [6, 6.07) is 5.32. The summed E-state index contributed by atoms with van der Waals surface area (Å²) >= 11 is 0. The molecule has 0 bridgehead atoms. The van der Waals surface area contributed by atoms with E-state index in [1.54, 1.807) is 12.1 Å². The van der Waals surface area contributed by atoms with Gasteiger partial charge in [0.15, 0.2) is 0 Å². The Bertz CT molecular complexity index is 489. The summed E-state index contributed by atoms with van der Waals surface area (Å²) in [7, 11) is 0. The average Bonchev–Trinajstić information content (AvgIpc) is 2.46. The molecule has 0 radical (unpaired) electrons. The van der Waals surface area contributed by atoms with Crippen molar-refractivity contribution in [1.82, 2.24) is 9.88 Å². The third-order valence-corrected chi connectivity index (χ3v) is 3.60. The molecule has 1 aromatic heterocycles. The molecule has 100 valence electrons. The SMILES string of the molecule is CC(N)C1CCCN(C(=O)c2ccc(C#N)cn2)C1. The predicted octanol–water partition coefficient (Wildman–Crippen LogP) is 1.15. The monoisotopic (exact) mass is 258 g/mol. The zero-order chi connectivity index (χ0) is 13.8. The molecule has 1 fully saturated rings. The maximum absolute atomic E-state index is 12.3. The van der Waals surface area contributed by atoms with Gasteiger partial charge in [0.1, 0.15) is 11.8 Å². The Hall–Kier alpha value is -1.93. The van der Waals surface area contributed by atoms with Crippen molar-refractivity contribution in [3.63, 3.8) is 0 Å². The van der Waals surface area contributed by atoms with Crippen molar-refractivity contribution in [1.29, 1.82) is 5.26 Å². The van der Waals surface area contributed by atoms with Gasteiger partial charge in [0.2, 0.25) is 0 Å². The minimum absolute atomic E-state index is 0.0742. The van der Waals surface area contributed by atoms with Crippen LogP contribution in [-0.2, 0) is 0 Å². The summed E-state index contributed by atoms with van der Waals surface area (Å²) in [5.74, 6) is 0.283. The van der Waals surface area contributed by atoms with Crippen LogP contribution in [0.1, 0.15) is 35.8 Å². The van der Waals surface area contributed by atoms with Crippen LogP contribution in [0.2, 0.25) is 0 Å². The number of likely N-dealkylation sites (tertiary alicyclic amines) is 1. The van der Waals surface area contributed by atoms with E-state index in [-0.39, 0.29) is 11.9 Å². The zero-order valence-corrected chi connectivity index (χ0v) is 11.0. The zero-order valence-electron chi connectivity index (χ0n) is 11.0. The number of hydrogen-bond acceptors (Lipinski definition) is 4. The van der Waals surface area contributed by atoms with E-state index < -0.39 is 0 Å². The van der Waals surface area contributed by atoms with Crippen molar-refractivity contribution >= 4 is 5.91 Å². The standard InChI is InChI=1S/C14H18N4O/c1-10(16)12-3-2-6-18(9-12)14(19)13-5-4-11(7-15)8-17-13/h4-5,8,10,12H,2-3,6,9,16H2,1H3. The summed E-state index contributed by atoms with van der Waals surface area (Å²) in [6.45, 7) is 3.43. The number of hydrogen-bond donors (Lipinski definition) is 1. The fraction of sp³-hybridized carbons (Fsp3) is 0.500. The van der Waals surface area contributed by atoms with E-state index >= 15 is 0 Å². The minimum Gasteiger partial charge on any atom is -0.337 e. The number of aromatic nitrogens is 1. The topological polar surface area (TPSA) is 83.0 Å². The largest absolute Gasteiger partial charge is 0.337 e. The second-order valence-electron chi connectivity index (χ2n) is 5.06. The molecule has 1 aliphatic heterocycles. The lowest BCUT2D eigenvalue weighted by Gasteiger charge is -2.34. The molecule has 5 nitrogen and oxygen atoms in total. The Kier molecular flexibility index (Phi) is 4.13. The van der Waals surface area contributed by atoms with Crippen LogP contribution < -0.4 is 5.73 Å². The van der Waals surface area contributed by atoms with E-state index in [0.29, 0.717) is 23.7 Å². The van der Waals surface area contributed by atoms with E-state index in [4.69, 9.17) is 11.0 Å². The first-order valence-electron chi connectivity index (χ1n) is 6.53. The molecule has 2 heterocycles. The van der Waals surface area contributed by atoms with Gasteiger partial charge in [0, 0.05) is 25.3 Å². The van der Waals surface area contributed by atoms with E-state index in [0.717, 1.165) is 19.4 Å². The number of nitrogens with zero attached hydrogens (tertiary/aromatic N) is 3. The lowest BCUT2D eigenvalue weighted by molar-refractivity contribution is 0.0655. The minimum atomic E-state index is -0.0742. The van der Waals surface area contributed by atoms with Crippen LogP contribution in [0.15, 0.2) is 18.3 Å². The van der Waals surface area contributed by atoms with E-state index in [1.807, 2.05) is 17.9 Å². The van der Waals surface area contributed by atoms with Crippen LogP contribution in [-0.4, -0.2) is 34.9 Å². The normalized spacial score (nSPS) is 20.7. The third kappa shape index (κ3) is 3.09. The van der Waals surface area contributed by atoms with Crippen LogP contribution in [0, 0.1) is 17.2 Å². The predicted molar refractivity (Wildman–Crippen MR) is 71.2 cm³/mol. The first kappa shape index (κ1) is 13.5. The van der Waals surface area contributed by atoms with Gasteiger partial charge in [-0.15, -0.1) is 0 Å². The number of piperidine rings is 1. The van der Waals surface area contributed by atoms with Gasteiger partial charge in [-0.25, -0.2) is 4.98 Å². The lowest BCUT2D eigenvalue weighted by atomic mass is 9.92. The molecule has 1 saturated heterocycles. The Morgan fingerprint density at radius 3 is 3.00 bits per heavy atom. The van der Waals surface area contributed by atoms with E-state index in [9.17, 15) is 4.79 Å². The van der Waals surface area contributed by atoms with Gasteiger partial charge in [0.25, 0.3) is 5.91 Å². The average molecular weight is 258 g/mol. The Balaban J connectivity index is 2.08. The van der Waals surface area contributed by atoms with Gasteiger partial charge in [-0.1, -0.05) is 0 Å².